The van der Waals surface area contributed by atoms with E-state index in [1.54, 1.807) is 0 Å². The van der Waals surface area contributed by atoms with Gasteiger partial charge < -0.3 is 15.1 Å². The van der Waals surface area contributed by atoms with Crippen LogP contribution in [0, 0.1) is 0 Å². The zero-order valence-corrected chi connectivity index (χ0v) is 14.5. The number of rotatable bonds is 5. The molecular formula is C18H33N3. The number of piperazine rings is 1. The molecule has 3 heteroatoms. The van der Waals surface area contributed by atoms with E-state index in [9.17, 15) is 0 Å². The van der Waals surface area contributed by atoms with E-state index in [-0.39, 0.29) is 0 Å². The minimum atomic E-state index is 0.473. The molecule has 1 aliphatic heterocycles. The third kappa shape index (κ3) is 5.01. The number of likely N-dealkylation sites (N-methyl/N-ethyl adjacent to an activating group) is 1. The highest BCUT2D eigenvalue weighted by atomic mass is 15.2. The molecule has 1 fully saturated rings. The highest BCUT2D eigenvalue weighted by Crippen LogP contribution is 2.29. The van der Waals surface area contributed by atoms with Gasteiger partial charge in [-0.2, -0.15) is 0 Å². The van der Waals surface area contributed by atoms with Crippen molar-refractivity contribution in [2.24, 2.45) is 0 Å². The predicted molar refractivity (Wildman–Crippen MR) is 94.2 cm³/mol. The molecule has 120 valence electrons. The summed E-state index contributed by atoms with van der Waals surface area (Å²) >= 11 is 0. The van der Waals surface area contributed by atoms with Crippen LogP contribution in [0.3, 0.4) is 0 Å². The van der Waals surface area contributed by atoms with Crippen molar-refractivity contribution in [1.82, 2.24) is 10.2 Å². The quantitative estimate of drug-likeness (QED) is 0.895. The Bertz CT molecular complexity index is 384. The summed E-state index contributed by atoms with van der Waals surface area (Å²) in [6, 6.07) is 9.36. The van der Waals surface area contributed by atoms with Crippen LogP contribution >= 0.6 is 0 Å². The van der Waals surface area contributed by atoms with Crippen molar-refractivity contribution >= 4 is 5.69 Å². The molecule has 0 radical (unpaired) electrons. The van der Waals surface area contributed by atoms with E-state index < -0.39 is 0 Å². The Kier molecular flexibility index (Phi) is 8.40. The molecule has 3 nitrogen and oxygen atoms in total. The summed E-state index contributed by atoms with van der Waals surface area (Å²) in [5.41, 5.74) is 2.87. The predicted octanol–water partition coefficient (Wildman–Crippen LogP) is 3.53. The van der Waals surface area contributed by atoms with Crippen molar-refractivity contribution in [2.75, 3.05) is 45.2 Å². The van der Waals surface area contributed by atoms with E-state index in [0.29, 0.717) is 6.04 Å². The molecule has 1 atom stereocenters. The van der Waals surface area contributed by atoms with Crippen molar-refractivity contribution < 1.29 is 0 Å². The number of hydrogen-bond acceptors (Lipinski definition) is 3. The molecule has 1 N–H and O–H groups in total. The highest BCUT2D eigenvalue weighted by molar-refractivity contribution is 5.55. The molecule has 1 heterocycles. The molecule has 1 aromatic carbocycles. The van der Waals surface area contributed by atoms with Crippen molar-refractivity contribution in [3.05, 3.63) is 29.8 Å². The molecule has 0 spiro atoms. The van der Waals surface area contributed by atoms with Gasteiger partial charge in [0.05, 0.1) is 0 Å². The van der Waals surface area contributed by atoms with Gasteiger partial charge in [0, 0.05) is 37.9 Å². The second-order valence-corrected chi connectivity index (χ2v) is 5.48. The third-order valence-corrected chi connectivity index (χ3v) is 4.08. The standard InChI is InChI=1S/C16H27N3.C2H6/c1-4-7-15(17-2)14-8-5-6-9-16(14)19-12-10-18(3)11-13-19;1-2/h5-6,8-9,15,17H,4,7,10-13H2,1-3H3;1-2H3. The largest absolute Gasteiger partial charge is 0.369 e. The molecule has 1 aromatic rings. The lowest BCUT2D eigenvalue weighted by Crippen LogP contribution is -2.45. The van der Waals surface area contributed by atoms with Gasteiger partial charge in [0.15, 0.2) is 0 Å². The summed E-state index contributed by atoms with van der Waals surface area (Å²) in [6.07, 6.45) is 2.41. The van der Waals surface area contributed by atoms with E-state index in [0.717, 1.165) is 26.2 Å². The fourth-order valence-electron chi connectivity index (χ4n) is 2.86. The van der Waals surface area contributed by atoms with Gasteiger partial charge in [-0.15, -0.1) is 0 Å². The Morgan fingerprint density at radius 2 is 1.71 bits per heavy atom. The summed E-state index contributed by atoms with van der Waals surface area (Å²) in [7, 11) is 4.28. The number of para-hydroxylation sites is 1. The van der Waals surface area contributed by atoms with Gasteiger partial charge in [-0.25, -0.2) is 0 Å². The normalized spacial score (nSPS) is 17.1. The average Bonchev–Trinajstić information content (AvgIpc) is 2.55. The minimum Gasteiger partial charge on any atom is -0.369 e. The first-order valence-electron chi connectivity index (χ1n) is 8.46. The van der Waals surface area contributed by atoms with E-state index >= 15 is 0 Å². The van der Waals surface area contributed by atoms with Gasteiger partial charge in [0.2, 0.25) is 0 Å². The van der Waals surface area contributed by atoms with Crippen LogP contribution in [0.25, 0.3) is 0 Å². The fourth-order valence-corrected chi connectivity index (χ4v) is 2.86. The van der Waals surface area contributed by atoms with Crippen LogP contribution in [0.4, 0.5) is 5.69 Å². The first-order valence-corrected chi connectivity index (χ1v) is 8.46. The number of benzene rings is 1. The van der Waals surface area contributed by atoms with Crippen molar-refractivity contribution in [1.29, 1.82) is 0 Å². The minimum absolute atomic E-state index is 0.473. The Morgan fingerprint density at radius 1 is 1.10 bits per heavy atom. The molecule has 0 amide bonds. The maximum atomic E-state index is 3.47. The summed E-state index contributed by atoms with van der Waals surface area (Å²) in [5, 5.41) is 3.47. The molecule has 0 saturated carbocycles. The van der Waals surface area contributed by atoms with Gasteiger partial charge >= 0.3 is 0 Å². The lowest BCUT2D eigenvalue weighted by Gasteiger charge is -2.36. The first kappa shape index (κ1) is 18.0. The number of hydrogen-bond donors (Lipinski definition) is 1. The summed E-state index contributed by atoms with van der Waals surface area (Å²) in [5.74, 6) is 0. The third-order valence-electron chi connectivity index (χ3n) is 4.08. The molecule has 0 aromatic heterocycles. The van der Waals surface area contributed by atoms with Gasteiger partial charge in [0.25, 0.3) is 0 Å². The average molecular weight is 291 g/mol. The van der Waals surface area contributed by atoms with Gasteiger partial charge in [-0.1, -0.05) is 45.4 Å². The van der Waals surface area contributed by atoms with Crippen LogP contribution in [0.1, 0.15) is 45.2 Å². The first-order chi connectivity index (χ1) is 10.3. The highest BCUT2D eigenvalue weighted by Gasteiger charge is 2.19. The zero-order chi connectivity index (χ0) is 15.7. The van der Waals surface area contributed by atoms with Crippen LogP contribution in [0.5, 0.6) is 0 Å². The number of nitrogens with one attached hydrogen (secondary N) is 1. The molecule has 1 aliphatic rings. The Labute approximate surface area is 131 Å². The van der Waals surface area contributed by atoms with Crippen LogP contribution in [-0.2, 0) is 0 Å². The van der Waals surface area contributed by atoms with Crippen LogP contribution in [-0.4, -0.2) is 45.2 Å². The maximum Gasteiger partial charge on any atom is 0.0415 e. The topological polar surface area (TPSA) is 18.5 Å². The smallest absolute Gasteiger partial charge is 0.0415 e. The van der Waals surface area contributed by atoms with Gasteiger partial charge in [0.1, 0.15) is 0 Å². The molecule has 21 heavy (non-hydrogen) atoms. The van der Waals surface area contributed by atoms with Crippen LogP contribution in [0.2, 0.25) is 0 Å². The summed E-state index contributed by atoms with van der Waals surface area (Å²) < 4.78 is 0. The molecule has 0 bridgehead atoms. The van der Waals surface area contributed by atoms with E-state index in [1.165, 1.54) is 24.1 Å². The lowest BCUT2D eigenvalue weighted by atomic mass is 9.99. The van der Waals surface area contributed by atoms with E-state index in [4.69, 9.17) is 0 Å². The van der Waals surface area contributed by atoms with Crippen LogP contribution < -0.4 is 10.2 Å². The summed E-state index contributed by atoms with van der Waals surface area (Å²) in [4.78, 5) is 4.94. The van der Waals surface area contributed by atoms with E-state index in [1.807, 2.05) is 13.8 Å². The van der Waals surface area contributed by atoms with Crippen molar-refractivity contribution in [3.63, 3.8) is 0 Å². The summed E-state index contributed by atoms with van der Waals surface area (Å²) in [6.45, 7) is 10.8. The second-order valence-electron chi connectivity index (χ2n) is 5.48. The Hall–Kier alpha value is -1.06. The van der Waals surface area contributed by atoms with Crippen molar-refractivity contribution in [2.45, 2.75) is 39.7 Å². The van der Waals surface area contributed by atoms with Gasteiger partial charge in [-0.3, -0.25) is 0 Å². The lowest BCUT2D eigenvalue weighted by molar-refractivity contribution is 0.312. The fraction of sp³-hybridized carbons (Fsp3) is 0.667. The SMILES string of the molecule is CC.CCCC(NC)c1ccccc1N1CCN(C)CC1. The van der Waals surface area contributed by atoms with Crippen molar-refractivity contribution in [3.8, 4) is 0 Å². The van der Waals surface area contributed by atoms with Crippen LogP contribution in [0.15, 0.2) is 24.3 Å². The number of anilines is 1. The molecule has 2 rings (SSSR count). The molecular weight excluding hydrogens is 258 g/mol. The monoisotopic (exact) mass is 291 g/mol. The second kappa shape index (κ2) is 9.80. The molecule has 1 saturated heterocycles. The number of nitrogens with zero attached hydrogens (tertiary/aromatic N) is 2. The molecule has 1 unspecified atom stereocenters. The maximum absolute atomic E-state index is 3.47. The zero-order valence-electron chi connectivity index (χ0n) is 14.5. The van der Waals surface area contributed by atoms with E-state index in [2.05, 4.69) is 60.4 Å². The Balaban J connectivity index is 0.00000106. The van der Waals surface area contributed by atoms with Gasteiger partial charge in [-0.05, 0) is 32.1 Å². The Morgan fingerprint density at radius 3 is 2.29 bits per heavy atom. The molecule has 0 aliphatic carbocycles.